The Morgan fingerprint density at radius 1 is 1.13 bits per heavy atom. The highest BCUT2D eigenvalue weighted by atomic mass is 79.9. The zero-order valence-electron chi connectivity index (χ0n) is 17.4. The number of carbonyl (C=O) groups excluding carboxylic acids is 2. The maximum atomic E-state index is 12.6. The highest BCUT2D eigenvalue weighted by Crippen LogP contribution is 2.40. The van der Waals surface area contributed by atoms with Crippen LogP contribution in [-0.4, -0.2) is 26.0 Å². The third-order valence-electron chi connectivity index (χ3n) is 5.43. The predicted octanol–water partition coefficient (Wildman–Crippen LogP) is 5.05. The van der Waals surface area contributed by atoms with Crippen LogP contribution in [0.3, 0.4) is 0 Å². The summed E-state index contributed by atoms with van der Waals surface area (Å²) in [7, 11) is 2.96. The fourth-order valence-electron chi connectivity index (χ4n) is 3.69. The molecule has 0 fully saturated rings. The topological polar surface area (TPSA) is 61.8 Å². The summed E-state index contributed by atoms with van der Waals surface area (Å²) in [4.78, 5) is 24.6. The Kier molecular flexibility index (Phi) is 7.32. The average molecular weight is 473 g/mol. The second-order valence-electron chi connectivity index (χ2n) is 7.22. The Labute approximate surface area is 185 Å². The molecule has 2 aromatic rings. The normalized spacial score (nSPS) is 16.4. The van der Waals surface area contributed by atoms with Crippen molar-refractivity contribution in [3.8, 4) is 11.5 Å². The van der Waals surface area contributed by atoms with E-state index in [1.807, 2.05) is 49.4 Å². The molecule has 0 heterocycles. The van der Waals surface area contributed by atoms with E-state index in [0.717, 1.165) is 21.2 Å². The zero-order valence-corrected chi connectivity index (χ0v) is 19.0. The Bertz CT molecular complexity index is 965. The Morgan fingerprint density at radius 3 is 2.53 bits per heavy atom. The van der Waals surface area contributed by atoms with E-state index in [4.69, 9.17) is 14.2 Å². The van der Waals surface area contributed by atoms with Crippen LogP contribution in [0.25, 0.3) is 0 Å². The van der Waals surface area contributed by atoms with Crippen LogP contribution in [-0.2, 0) is 27.4 Å². The van der Waals surface area contributed by atoms with Gasteiger partial charge in [-0.2, -0.15) is 0 Å². The minimum absolute atomic E-state index is 0.0722. The van der Waals surface area contributed by atoms with Crippen molar-refractivity contribution in [1.29, 1.82) is 0 Å². The van der Waals surface area contributed by atoms with Crippen molar-refractivity contribution in [2.24, 2.45) is 5.92 Å². The highest BCUT2D eigenvalue weighted by molar-refractivity contribution is 9.10. The number of carbonyl (C=O) groups is 2. The highest BCUT2D eigenvalue weighted by Gasteiger charge is 2.31. The van der Waals surface area contributed by atoms with Gasteiger partial charge in [-0.05, 0) is 52.0 Å². The van der Waals surface area contributed by atoms with E-state index in [-0.39, 0.29) is 17.7 Å². The van der Waals surface area contributed by atoms with E-state index >= 15 is 0 Å². The van der Waals surface area contributed by atoms with Gasteiger partial charge in [0.05, 0.1) is 24.6 Å². The van der Waals surface area contributed by atoms with Crippen molar-refractivity contribution in [3.63, 3.8) is 0 Å². The molecule has 158 valence electrons. The molecule has 30 heavy (non-hydrogen) atoms. The quantitative estimate of drug-likeness (QED) is 0.527. The van der Waals surface area contributed by atoms with E-state index in [1.54, 1.807) is 7.11 Å². The molecular formula is C24H25BrO5. The number of methoxy groups -OCH3 is 2. The lowest BCUT2D eigenvalue weighted by molar-refractivity contribution is -0.144. The van der Waals surface area contributed by atoms with Gasteiger partial charge in [0.1, 0.15) is 6.61 Å². The number of ether oxygens (including phenoxy) is 3. The first kappa shape index (κ1) is 22.1. The van der Waals surface area contributed by atoms with Gasteiger partial charge < -0.3 is 14.2 Å². The van der Waals surface area contributed by atoms with Gasteiger partial charge in [0.15, 0.2) is 17.3 Å². The van der Waals surface area contributed by atoms with Crippen molar-refractivity contribution in [1.82, 2.24) is 0 Å². The first-order chi connectivity index (χ1) is 14.5. The monoisotopic (exact) mass is 472 g/mol. The van der Waals surface area contributed by atoms with Gasteiger partial charge in [0.2, 0.25) is 0 Å². The number of benzene rings is 2. The molecule has 1 aliphatic rings. The van der Waals surface area contributed by atoms with Crippen LogP contribution in [0, 0.1) is 5.92 Å². The Hall–Kier alpha value is -2.60. The molecule has 0 aromatic heterocycles. The molecule has 0 aliphatic heterocycles. The number of halogens is 1. The van der Waals surface area contributed by atoms with E-state index in [9.17, 15) is 9.59 Å². The van der Waals surface area contributed by atoms with Gasteiger partial charge in [-0.25, -0.2) is 0 Å². The second-order valence-corrected chi connectivity index (χ2v) is 8.01. The van der Waals surface area contributed by atoms with Crippen LogP contribution in [0.15, 0.2) is 58.1 Å². The summed E-state index contributed by atoms with van der Waals surface area (Å²) in [5.74, 6) is 0.609. The molecule has 0 saturated heterocycles. The molecule has 1 atom stereocenters. The molecule has 1 unspecified atom stereocenters. The number of allylic oxidation sites excluding steroid dienone is 1. The van der Waals surface area contributed by atoms with Crippen LogP contribution < -0.4 is 9.47 Å². The van der Waals surface area contributed by atoms with Crippen LogP contribution in [0.1, 0.15) is 30.9 Å². The lowest BCUT2D eigenvalue weighted by Crippen LogP contribution is -2.26. The van der Waals surface area contributed by atoms with Gasteiger partial charge in [-0.3, -0.25) is 9.59 Å². The van der Waals surface area contributed by atoms with Crippen LogP contribution >= 0.6 is 15.9 Å². The van der Waals surface area contributed by atoms with Gasteiger partial charge in [0.25, 0.3) is 0 Å². The van der Waals surface area contributed by atoms with Gasteiger partial charge in [0, 0.05) is 12.8 Å². The van der Waals surface area contributed by atoms with E-state index in [0.29, 0.717) is 42.9 Å². The number of hydrogen-bond acceptors (Lipinski definition) is 5. The number of Topliss-reactive ketones (excluding diaryl/α,β-unsaturated/α-hetero) is 1. The molecule has 0 saturated carbocycles. The predicted molar refractivity (Wildman–Crippen MR) is 118 cm³/mol. The third kappa shape index (κ3) is 4.75. The van der Waals surface area contributed by atoms with E-state index in [2.05, 4.69) is 15.9 Å². The standard InChI is InChI=1S/C24H25BrO5/c1-15-18(24(27)29-3)10-11-20(26)19(15)13-17-9-12-21(23(28-2)22(17)25)30-14-16-7-5-4-6-8-16/h4-9,12,18H,10-11,13-14H2,1-3H3. The number of ketones is 1. The molecule has 3 rings (SSSR count). The molecule has 2 aromatic carbocycles. The fourth-order valence-corrected chi connectivity index (χ4v) is 4.32. The maximum Gasteiger partial charge on any atom is 0.312 e. The minimum atomic E-state index is -0.364. The zero-order chi connectivity index (χ0) is 21.7. The van der Waals surface area contributed by atoms with Crippen molar-refractivity contribution in [2.75, 3.05) is 14.2 Å². The van der Waals surface area contributed by atoms with Gasteiger partial charge in [-0.15, -0.1) is 0 Å². The van der Waals surface area contributed by atoms with E-state index < -0.39 is 0 Å². The number of esters is 1. The van der Waals surface area contributed by atoms with Crippen LogP contribution in [0.4, 0.5) is 0 Å². The smallest absolute Gasteiger partial charge is 0.312 e. The first-order valence-corrected chi connectivity index (χ1v) is 10.6. The Morgan fingerprint density at radius 2 is 1.87 bits per heavy atom. The number of rotatable bonds is 7. The first-order valence-electron chi connectivity index (χ1n) is 9.79. The maximum absolute atomic E-state index is 12.6. The largest absolute Gasteiger partial charge is 0.492 e. The summed E-state index contributed by atoms with van der Waals surface area (Å²) >= 11 is 3.61. The summed E-state index contributed by atoms with van der Waals surface area (Å²) in [6, 6.07) is 13.7. The van der Waals surface area contributed by atoms with Crippen molar-refractivity contribution in [3.05, 3.63) is 69.2 Å². The minimum Gasteiger partial charge on any atom is -0.492 e. The molecule has 5 nitrogen and oxygen atoms in total. The lowest BCUT2D eigenvalue weighted by Gasteiger charge is -2.24. The third-order valence-corrected chi connectivity index (χ3v) is 6.30. The molecular weight excluding hydrogens is 448 g/mol. The Balaban J connectivity index is 1.86. The molecule has 0 amide bonds. The molecule has 0 N–H and O–H groups in total. The fraction of sp³-hybridized carbons (Fsp3) is 0.333. The SMILES string of the molecule is COC(=O)C1CCC(=O)C(Cc2ccc(OCc3ccccc3)c(OC)c2Br)=C1C. The molecule has 0 bridgehead atoms. The molecule has 0 spiro atoms. The van der Waals surface area contributed by atoms with Crippen molar-refractivity contribution < 1.29 is 23.8 Å². The summed E-state index contributed by atoms with van der Waals surface area (Å²) in [6.07, 6.45) is 1.26. The summed E-state index contributed by atoms with van der Waals surface area (Å²) in [5.41, 5.74) is 3.40. The average Bonchev–Trinajstić information content (AvgIpc) is 2.76. The summed E-state index contributed by atoms with van der Waals surface area (Å²) in [5, 5.41) is 0. The van der Waals surface area contributed by atoms with E-state index in [1.165, 1.54) is 7.11 Å². The second kappa shape index (κ2) is 9.94. The van der Waals surface area contributed by atoms with Gasteiger partial charge in [-0.1, -0.05) is 42.0 Å². The molecule has 1 aliphatic carbocycles. The summed E-state index contributed by atoms with van der Waals surface area (Å²) in [6.45, 7) is 2.27. The van der Waals surface area contributed by atoms with Crippen LogP contribution in [0.2, 0.25) is 0 Å². The summed E-state index contributed by atoms with van der Waals surface area (Å²) < 4.78 is 17.2. The van der Waals surface area contributed by atoms with Crippen LogP contribution in [0.5, 0.6) is 11.5 Å². The van der Waals surface area contributed by atoms with Crippen molar-refractivity contribution in [2.45, 2.75) is 32.8 Å². The van der Waals surface area contributed by atoms with Gasteiger partial charge >= 0.3 is 5.97 Å². The number of hydrogen-bond donors (Lipinski definition) is 0. The molecule has 6 heteroatoms. The van der Waals surface area contributed by atoms with Crippen molar-refractivity contribution >= 4 is 27.7 Å². The lowest BCUT2D eigenvalue weighted by atomic mass is 9.80. The molecule has 0 radical (unpaired) electrons.